The Bertz CT molecular complexity index is 984. The Morgan fingerprint density at radius 2 is 2.00 bits per heavy atom. The highest BCUT2D eigenvalue weighted by Crippen LogP contribution is 2.30. The highest BCUT2D eigenvalue weighted by Gasteiger charge is 2.26. The quantitative estimate of drug-likeness (QED) is 0.281. The second-order valence-electron chi connectivity index (χ2n) is 7.35. The van der Waals surface area contributed by atoms with Crippen molar-refractivity contribution < 1.29 is 24.0 Å². The van der Waals surface area contributed by atoms with Crippen molar-refractivity contribution >= 4 is 29.1 Å². The van der Waals surface area contributed by atoms with Gasteiger partial charge in [-0.1, -0.05) is 37.1 Å². The molecule has 0 radical (unpaired) electrons. The van der Waals surface area contributed by atoms with Crippen molar-refractivity contribution in [2.45, 2.75) is 39.3 Å². The zero-order valence-corrected chi connectivity index (χ0v) is 19.6. The second kappa shape index (κ2) is 12.6. The highest BCUT2D eigenvalue weighted by molar-refractivity contribution is 6.30. The van der Waals surface area contributed by atoms with Crippen molar-refractivity contribution in [3.63, 3.8) is 0 Å². The summed E-state index contributed by atoms with van der Waals surface area (Å²) < 4.78 is 10.6. The number of nitrogens with one attached hydrogen (secondary N) is 1. The van der Waals surface area contributed by atoms with Crippen LogP contribution in [0.3, 0.4) is 0 Å². The number of nitrogens with zero attached hydrogens (tertiary/aromatic N) is 2. The van der Waals surface area contributed by atoms with Crippen LogP contribution in [0.5, 0.6) is 11.5 Å². The minimum Gasteiger partial charge on any atom is -0.490 e. The third-order valence-electron chi connectivity index (χ3n) is 4.95. The van der Waals surface area contributed by atoms with Gasteiger partial charge in [-0.3, -0.25) is 19.7 Å². The van der Waals surface area contributed by atoms with Gasteiger partial charge in [0.25, 0.3) is 5.91 Å². The number of hydrogen-bond donors (Lipinski definition) is 1. The second-order valence-corrected chi connectivity index (χ2v) is 7.79. The van der Waals surface area contributed by atoms with Crippen LogP contribution < -0.4 is 14.8 Å². The third kappa shape index (κ3) is 7.64. The van der Waals surface area contributed by atoms with Crippen LogP contribution in [0.15, 0.2) is 42.5 Å². The van der Waals surface area contributed by atoms with Crippen LogP contribution >= 0.6 is 11.6 Å². The van der Waals surface area contributed by atoms with Crippen LogP contribution in [0.2, 0.25) is 5.02 Å². The number of hydrogen-bond acceptors (Lipinski definition) is 6. The van der Waals surface area contributed by atoms with Gasteiger partial charge in [-0.05, 0) is 37.1 Å². The molecule has 0 bridgehead atoms. The number of benzene rings is 2. The zero-order valence-electron chi connectivity index (χ0n) is 18.9. The van der Waals surface area contributed by atoms with E-state index in [1.807, 2.05) is 13.0 Å². The summed E-state index contributed by atoms with van der Waals surface area (Å²) in [6.07, 6.45) is 1.78. The summed E-state index contributed by atoms with van der Waals surface area (Å²) in [5.41, 5.74) is 0.553. The summed E-state index contributed by atoms with van der Waals surface area (Å²) in [4.78, 5) is 37.6. The number of amides is 2. The van der Waals surface area contributed by atoms with Gasteiger partial charge in [0.15, 0.2) is 6.61 Å². The van der Waals surface area contributed by atoms with Gasteiger partial charge in [0.2, 0.25) is 11.7 Å². The van der Waals surface area contributed by atoms with E-state index in [1.165, 1.54) is 30.2 Å². The molecule has 10 heteroatoms. The number of unbranched alkanes of at least 4 members (excludes halogenated alkanes) is 1. The van der Waals surface area contributed by atoms with Crippen LogP contribution in [0.1, 0.15) is 32.3 Å². The molecule has 0 saturated heterocycles. The van der Waals surface area contributed by atoms with E-state index in [1.54, 1.807) is 25.1 Å². The number of nitro groups is 1. The fourth-order valence-corrected chi connectivity index (χ4v) is 3.29. The monoisotopic (exact) mass is 477 g/mol. The molecule has 9 nitrogen and oxygen atoms in total. The first-order chi connectivity index (χ1) is 15.8. The van der Waals surface area contributed by atoms with Gasteiger partial charge >= 0.3 is 5.69 Å². The Hall–Kier alpha value is -3.33. The van der Waals surface area contributed by atoms with E-state index in [4.69, 9.17) is 21.1 Å². The minimum absolute atomic E-state index is 0.0180. The number of nitro benzene ring substituents is 1. The molecule has 2 aromatic rings. The Labute approximate surface area is 197 Å². The third-order valence-corrected chi connectivity index (χ3v) is 5.18. The molecule has 2 aromatic carbocycles. The smallest absolute Gasteiger partial charge is 0.311 e. The molecule has 0 heterocycles. The van der Waals surface area contributed by atoms with Gasteiger partial charge in [0.1, 0.15) is 11.8 Å². The van der Waals surface area contributed by atoms with E-state index in [0.717, 1.165) is 18.4 Å². The van der Waals surface area contributed by atoms with E-state index < -0.39 is 16.9 Å². The average molecular weight is 478 g/mol. The fourth-order valence-electron chi connectivity index (χ4n) is 3.08. The number of ether oxygens (including phenoxy) is 2. The van der Waals surface area contributed by atoms with Crippen molar-refractivity contribution in [3.8, 4) is 11.5 Å². The molecule has 2 amide bonds. The Morgan fingerprint density at radius 3 is 2.64 bits per heavy atom. The maximum Gasteiger partial charge on any atom is 0.311 e. The number of halogens is 1. The molecule has 0 spiro atoms. The molecule has 1 N–H and O–H groups in total. The molecule has 1 atom stereocenters. The number of carbonyl (C=O) groups excluding carboxylic acids is 2. The van der Waals surface area contributed by atoms with Crippen molar-refractivity contribution in [3.05, 3.63) is 63.2 Å². The molecule has 178 valence electrons. The summed E-state index contributed by atoms with van der Waals surface area (Å²) in [6, 6.07) is 10.3. The van der Waals surface area contributed by atoms with E-state index in [-0.39, 0.29) is 36.2 Å². The number of methoxy groups -OCH3 is 1. The van der Waals surface area contributed by atoms with E-state index in [9.17, 15) is 19.7 Å². The Morgan fingerprint density at radius 1 is 1.24 bits per heavy atom. The molecule has 0 fully saturated rings. The lowest BCUT2D eigenvalue weighted by Gasteiger charge is -2.28. The van der Waals surface area contributed by atoms with Gasteiger partial charge in [-0.25, -0.2) is 0 Å². The Kier molecular flexibility index (Phi) is 9.93. The molecular formula is C23H28ClN3O6. The van der Waals surface area contributed by atoms with Gasteiger partial charge in [-0.15, -0.1) is 0 Å². The predicted molar refractivity (Wildman–Crippen MR) is 125 cm³/mol. The van der Waals surface area contributed by atoms with E-state index in [0.29, 0.717) is 11.6 Å². The van der Waals surface area contributed by atoms with Crippen molar-refractivity contribution in [1.29, 1.82) is 0 Å². The lowest BCUT2D eigenvalue weighted by Crippen LogP contribution is -2.49. The molecule has 33 heavy (non-hydrogen) atoms. The van der Waals surface area contributed by atoms with Crippen LogP contribution in [-0.4, -0.2) is 47.9 Å². The van der Waals surface area contributed by atoms with E-state index >= 15 is 0 Å². The summed E-state index contributed by atoms with van der Waals surface area (Å²) in [6.45, 7) is 3.99. The molecule has 1 unspecified atom stereocenters. The lowest BCUT2D eigenvalue weighted by atomic mass is 10.1. The Balaban J connectivity index is 2.16. The number of carbonyl (C=O) groups is 2. The van der Waals surface area contributed by atoms with E-state index in [2.05, 4.69) is 5.32 Å². The lowest BCUT2D eigenvalue weighted by molar-refractivity contribution is -0.385. The summed E-state index contributed by atoms with van der Waals surface area (Å²) in [5, 5.41) is 14.4. The number of rotatable bonds is 12. The van der Waals surface area contributed by atoms with Crippen LogP contribution in [0.4, 0.5) is 5.69 Å². The molecule has 0 aromatic heterocycles. The van der Waals surface area contributed by atoms with Gasteiger partial charge in [0, 0.05) is 30.2 Å². The summed E-state index contributed by atoms with van der Waals surface area (Å²) in [5.74, 6) is -0.445. The van der Waals surface area contributed by atoms with Gasteiger partial charge < -0.3 is 19.7 Å². The SMILES string of the molecule is CCCCNC(=O)C(C)N(Cc1cccc(Cl)c1)C(=O)COc1ccc([N+](=O)[O-])c(OC)c1. The van der Waals surface area contributed by atoms with Crippen molar-refractivity contribution in [1.82, 2.24) is 10.2 Å². The highest BCUT2D eigenvalue weighted by atomic mass is 35.5. The standard InChI is InChI=1S/C23H28ClN3O6/c1-4-5-11-25-23(29)16(2)26(14-17-7-6-8-18(24)12-17)22(28)15-33-19-9-10-20(27(30)31)21(13-19)32-3/h6-10,12-13,16H,4-5,11,14-15H2,1-3H3,(H,25,29). The van der Waals surface area contributed by atoms with Gasteiger partial charge in [0.05, 0.1) is 12.0 Å². The first-order valence-electron chi connectivity index (χ1n) is 10.5. The average Bonchev–Trinajstić information content (AvgIpc) is 2.80. The summed E-state index contributed by atoms with van der Waals surface area (Å²) in [7, 11) is 1.31. The predicted octanol–water partition coefficient (Wildman–Crippen LogP) is 3.97. The minimum atomic E-state index is -0.747. The topological polar surface area (TPSA) is 111 Å². The molecule has 0 aliphatic rings. The first-order valence-corrected chi connectivity index (χ1v) is 10.9. The largest absolute Gasteiger partial charge is 0.490 e. The van der Waals surface area contributed by atoms with Crippen LogP contribution in [-0.2, 0) is 16.1 Å². The first kappa shape index (κ1) is 25.9. The fraction of sp³-hybridized carbons (Fsp3) is 0.391. The molecular weight excluding hydrogens is 450 g/mol. The molecule has 2 rings (SSSR count). The van der Waals surface area contributed by atoms with Crippen LogP contribution in [0, 0.1) is 10.1 Å². The van der Waals surface area contributed by atoms with Crippen molar-refractivity contribution in [2.75, 3.05) is 20.3 Å². The molecule has 0 saturated carbocycles. The van der Waals surface area contributed by atoms with Gasteiger partial charge in [-0.2, -0.15) is 0 Å². The normalized spacial score (nSPS) is 11.4. The van der Waals surface area contributed by atoms with Crippen LogP contribution in [0.25, 0.3) is 0 Å². The maximum absolute atomic E-state index is 13.1. The zero-order chi connectivity index (χ0) is 24.4. The molecule has 0 aliphatic carbocycles. The van der Waals surface area contributed by atoms with Crippen molar-refractivity contribution in [2.24, 2.45) is 0 Å². The molecule has 0 aliphatic heterocycles. The summed E-state index contributed by atoms with van der Waals surface area (Å²) >= 11 is 6.07. The maximum atomic E-state index is 13.1.